The molecule has 4 atom stereocenters. The van der Waals surface area contributed by atoms with Crippen LogP contribution in [0.2, 0.25) is 0 Å². The van der Waals surface area contributed by atoms with Crippen molar-refractivity contribution in [3.05, 3.63) is 100 Å². The van der Waals surface area contributed by atoms with E-state index in [1.165, 1.54) is 7.11 Å². The molecule has 3 aliphatic heterocycles. The fraction of sp³-hybridized carbons (Fsp3) is 0.281. The van der Waals surface area contributed by atoms with Crippen LogP contribution in [0.25, 0.3) is 16.6 Å². The lowest BCUT2D eigenvalue weighted by molar-refractivity contribution is -0.123. The van der Waals surface area contributed by atoms with Crippen LogP contribution in [0, 0.1) is 17.8 Å². The number of carbonyl (C=O) groups excluding carboxylic acids is 3. The van der Waals surface area contributed by atoms with E-state index in [2.05, 4.69) is 19.2 Å². The summed E-state index contributed by atoms with van der Waals surface area (Å²) in [5.74, 6) is -2.49. The maximum absolute atomic E-state index is 14.6. The highest BCUT2D eigenvalue weighted by molar-refractivity contribution is 6.25. The largest absolute Gasteiger partial charge is 0.465 e. The minimum atomic E-state index is -1.23. The number of hydrogen-bond acceptors (Lipinski definition) is 7. The molecule has 3 aliphatic rings. The molecule has 41 heavy (non-hydrogen) atoms. The number of nitrogens with zero attached hydrogens (tertiary/aromatic N) is 3. The lowest BCUT2D eigenvalue weighted by atomic mass is 9.75. The first-order chi connectivity index (χ1) is 19.8. The lowest BCUT2D eigenvalue weighted by Gasteiger charge is -2.32. The monoisotopic (exact) mass is 548 g/mol. The lowest BCUT2D eigenvalue weighted by Crippen LogP contribution is -2.50. The molecule has 0 radical (unpaired) electrons. The average Bonchev–Trinajstić information content (AvgIpc) is 3.55. The Morgan fingerprint density at radius 2 is 1.63 bits per heavy atom. The third-order valence-corrected chi connectivity index (χ3v) is 8.64. The van der Waals surface area contributed by atoms with Crippen LogP contribution in [0.1, 0.15) is 42.0 Å². The van der Waals surface area contributed by atoms with Crippen LogP contribution in [0.5, 0.6) is 0 Å². The number of hydrogen-bond donors (Lipinski definition) is 1. The molecule has 2 amide bonds. The Labute approximate surface area is 235 Å². The molecular weight excluding hydrogens is 520 g/mol. The van der Waals surface area contributed by atoms with Crippen molar-refractivity contribution >= 4 is 34.4 Å². The molecule has 1 spiro atoms. The zero-order valence-electron chi connectivity index (χ0n) is 22.8. The van der Waals surface area contributed by atoms with Crippen LogP contribution in [0.4, 0.5) is 5.69 Å². The van der Waals surface area contributed by atoms with E-state index in [4.69, 9.17) is 9.72 Å². The van der Waals surface area contributed by atoms with Gasteiger partial charge < -0.3 is 4.74 Å². The molecule has 0 bridgehead atoms. The maximum atomic E-state index is 14.6. The Morgan fingerprint density at radius 1 is 0.951 bits per heavy atom. The Kier molecular flexibility index (Phi) is 5.53. The molecule has 0 saturated carbocycles. The minimum Gasteiger partial charge on any atom is -0.465 e. The van der Waals surface area contributed by atoms with Crippen molar-refractivity contribution in [3.8, 4) is 5.69 Å². The Morgan fingerprint density at radius 3 is 2.39 bits per heavy atom. The quantitative estimate of drug-likeness (QED) is 0.307. The number of para-hydroxylation sites is 3. The van der Waals surface area contributed by atoms with Gasteiger partial charge in [-0.3, -0.25) is 24.3 Å². The summed E-state index contributed by atoms with van der Waals surface area (Å²) in [5.41, 5.74) is 0.743. The summed E-state index contributed by atoms with van der Waals surface area (Å²) in [5, 5.41) is 4.17. The van der Waals surface area contributed by atoms with E-state index in [0.29, 0.717) is 28.8 Å². The third kappa shape index (κ3) is 3.29. The van der Waals surface area contributed by atoms with E-state index in [0.717, 1.165) is 10.5 Å². The van der Waals surface area contributed by atoms with E-state index < -0.39 is 29.3 Å². The second kappa shape index (κ2) is 8.94. The molecule has 0 unspecified atom stereocenters. The summed E-state index contributed by atoms with van der Waals surface area (Å²) in [6.45, 7) is 4.14. The average molecular weight is 549 g/mol. The van der Waals surface area contributed by atoms with Gasteiger partial charge in [0.15, 0.2) is 0 Å². The van der Waals surface area contributed by atoms with E-state index >= 15 is 0 Å². The predicted octanol–water partition coefficient (Wildman–Crippen LogP) is 3.55. The van der Waals surface area contributed by atoms with Crippen LogP contribution in [-0.2, 0) is 19.9 Å². The Bertz CT molecular complexity index is 1850. The number of fused-ring (bicyclic) bond motifs is 8. The second-order valence-corrected chi connectivity index (χ2v) is 11.3. The summed E-state index contributed by atoms with van der Waals surface area (Å²) in [7, 11) is 1.26. The fourth-order valence-electron chi connectivity index (χ4n) is 7.12. The van der Waals surface area contributed by atoms with Crippen molar-refractivity contribution in [3.63, 3.8) is 0 Å². The molecule has 3 aromatic carbocycles. The predicted molar refractivity (Wildman–Crippen MR) is 152 cm³/mol. The van der Waals surface area contributed by atoms with Crippen LogP contribution in [0.3, 0.4) is 0 Å². The summed E-state index contributed by atoms with van der Waals surface area (Å²) in [6, 6.07) is 20.7. The Balaban J connectivity index is 1.51. The SMILES string of the molecule is COC(=O)c1ccccc1N1C(=O)[C@@H]2[C@H](CC(C)C)N[C@]3(c4ccccc4-n4c3nc3ccccc3c4=O)[C@H]2C1=O. The minimum absolute atomic E-state index is 0.131. The molecule has 9 nitrogen and oxygen atoms in total. The zero-order valence-corrected chi connectivity index (χ0v) is 22.8. The number of aromatic nitrogens is 2. The molecule has 206 valence electrons. The van der Waals surface area contributed by atoms with Crippen molar-refractivity contribution < 1.29 is 19.1 Å². The van der Waals surface area contributed by atoms with Crippen molar-refractivity contribution in [1.82, 2.24) is 14.9 Å². The molecule has 2 fully saturated rings. The van der Waals surface area contributed by atoms with E-state index in [-0.39, 0.29) is 34.7 Å². The summed E-state index contributed by atoms with van der Waals surface area (Å²) >= 11 is 0. The number of rotatable bonds is 4. The van der Waals surface area contributed by atoms with Crippen LogP contribution < -0.4 is 15.8 Å². The van der Waals surface area contributed by atoms with Gasteiger partial charge in [0.05, 0.1) is 46.8 Å². The highest BCUT2D eigenvalue weighted by atomic mass is 16.5. The number of amides is 2. The van der Waals surface area contributed by atoms with Gasteiger partial charge in [-0.25, -0.2) is 14.7 Å². The number of ether oxygens (including phenoxy) is 1. The molecule has 9 heteroatoms. The molecule has 4 aromatic rings. The van der Waals surface area contributed by atoms with Crippen LogP contribution in [0.15, 0.2) is 77.6 Å². The molecule has 1 aromatic heterocycles. The highest BCUT2D eigenvalue weighted by Crippen LogP contribution is 2.56. The molecule has 0 aliphatic carbocycles. The van der Waals surface area contributed by atoms with Gasteiger partial charge in [0.1, 0.15) is 11.4 Å². The molecule has 1 N–H and O–H groups in total. The number of anilines is 1. The van der Waals surface area contributed by atoms with Crippen molar-refractivity contribution in [2.75, 3.05) is 12.0 Å². The standard InChI is InChI=1S/C32H28N4O5/c1-17(2)16-22-25-26(29(39)35(28(25)38)23-14-8-5-11-19(23)30(40)41-3)32(34-22)20-12-6-9-15-24(20)36-27(37)18-10-4-7-13-21(18)33-31(32)36/h4-15,17,22,25-26,34H,16H2,1-3H3/t22-,25+,26+,32+/m0/s1. The van der Waals surface area contributed by atoms with Crippen LogP contribution in [-0.4, -0.2) is 40.5 Å². The third-order valence-electron chi connectivity index (χ3n) is 8.64. The van der Waals surface area contributed by atoms with Gasteiger partial charge in [-0.15, -0.1) is 0 Å². The van der Waals surface area contributed by atoms with Gasteiger partial charge in [-0.1, -0.05) is 56.3 Å². The highest BCUT2D eigenvalue weighted by Gasteiger charge is 2.69. The first-order valence-electron chi connectivity index (χ1n) is 13.7. The van der Waals surface area contributed by atoms with Gasteiger partial charge in [0.2, 0.25) is 11.8 Å². The molecule has 4 heterocycles. The van der Waals surface area contributed by atoms with Gasteiger partial charge >= 0.3 is 5.97 Å². The van der Waals surface area contributed by atoms with Crippen LogP contribution >= 0.6 is 0 Å². The first kappa shape index (κ1) is 25.3. The molecule has 2 saturated heterocycles. The molecule has 7 rings (SSSR count). The second-order valence-electron chi connectivity index (χ2n) is 11.3. The Hall–Kier alpha value is -4.63. The van der Waals surface area contributed by atoms with Gasteiger partial charge in [-0.05, 0) is 42.7 Å². The summed E-state index contributed by atoms with van der Waals surface area (Å²) < 4.78 is 6.55. The maximum Gasteiger partial charge on any atom is 0.339 e. The number of methoxy groups -OCH3 is 1. The number of benzene rings is 3. The van der Waals surface area contributed by atoms with Crippen molar-refractivity contribution in [2.24, 2.45) is 17.8 Å². The number of esters is 1. The zero-order chi connectivity index (χ0) is 28.6. The van der Waals surface area contributed by atoms with Crippen molar-refractivity contribution in [1.29, 1.82) is 0 Å². The number of nitrogens with one attached hydrogen (secondary N) is 1. The number of carbonyl (C=O) groups is 3. The van der Waals surface area contributed by atoms with Gasteiger partial charge in [0, 0.05) is 11.6 Å². The summed E-state index contributed by atoms with van der Waals surface area (Å²) in [4.78, 5) is 61.7. The normalized spacial score (nSPS) is 24.3. The molecular formula is C32H28N4O5. The van der Waals surface area contributed by atoms with E-state index in [9.17, 15) is 19.2 Å². The van der Waals surface area contributed by atoms with E-state index in [1.807, 2.05) is 30.3 Å². The summed E-state index contributed by atoms with van der Waals surface area (Å²) in [6.07, 6.45) is 0.619. The van der Waals surface area contributed by atoms with Gasteiger partial charge in [-0.2, -0.15) is 0 Å². The topological polar surface area (TPSA) is 111 Å². The first-order valence-corrected chi connectivity index (χ1v) is 13.7. The van der Waals surface area contributed by atoms with Gasteiger partial charge in [0.25, 0.3) is 5.56 Å². The fourth-order valence-corrected chi connectivity index (χ4v) is 7.12. The number of imide groups is 1. The van der Waals surface area contributed by atoms with Crippen molar-refractivity contribution in [2.45, 2.75) is 31.8 Å². The smallest absolute Gasteiger partial charge is 0.339 e. The van der Waals surface area contributed by atoms with E-state index in [1.54, 1.807) is 47.0 Å².